The highest BCUT2D eigenvalue weighted by atomic mass is 32.2. The van der Waals surface area contributed by atoms with Gasteiger partial charge in [0, 0.05) is 35.4 Å². The van der Waals surface area contributed by atoms with E-state index in [2.05, 4.69) is 0 Å². The summed E-state index contributed by atoms with van der Waals surface area (Å²) in [5.74, 6) is 0.920. The third-order valence-electron chi connectivity index (χ3n) is 2.52. The molecule has 96 valence electrons. The first-order chi connectivity index (χ1) is 8.04. The molecule has 0 spiro atoms. The van der Waals surface area contributed by atoms with Gasteiger partial charge in [0.2, 0.25) is 5.09 Å². The number of rotatable bonds is 3. The van der Waals surface area contributed by atoms with Gasteiger partial charge in [0.15, 0.2) is 0 Å². The molecule has 0 saturated carbocycles. The maximum Gasteiger partial charge on any atom is 0.276 e. The molecule has 6 nitrogen and oxygen atoms in total. The number of sulfonamides is 1. The Morgan fingerprint density at radius 2 is 2.00 bits per heavy atom. The van der Waals surface area contributed by atoms with E-state index < -0.39 is 20.8 Å². The maximum atomic E-state index is 12.1. The third kappa shape index (κ3) is 2.59. The first-order valence-electron chi connectivity index (χ1n) is 5.09. The van der Waals surface area contributed by atoms with E-state index in [0.29, 0.717) is 11.5 Å². The second-order valence-electron chi connectivity index (χ2n) is 3.63. The number of hydrogen-bond acceptors (Lipinski definition) is 5. The summed E-state index contributed by atoms with van der Waals surface area (Å²) in [4.78, 5) is 0. The van der Waals surface area contributed by atoms with Crippen LogP contribution in [0.4, 0.5) is 0 Å². The molecule has 0 bridgehead atoms. The second kappa shape index (κ2) is 4.89. The van der Waals surface area contributed by atoms with Gasteiger partial charge in [-0.15, -0.1) is 0 Å². The van der Waals surface area contributed by atoms with Gasteiger partial charge < -0.3 is 9.52 Å². The fourth-order valence-electron chi connectivity index (χ4n) is 1.57. The fraction of sp³-hybridized carbons (Fsp3) is 0.556. The molecule has 0 atom stereocenters. The number of furan rings is 1. The van der Waals surface area contributed by atoms with Crippen molar-refractivity contribution in [3.63, 3.8) is 0 Å². The molecule has 1 aliphatic rings. The largest absolute Gasteiger partial charge is 0.446 e. The van der Waals surface area contributed by atoms with Gasteiger partial charge in [0.1, 0.15) is 12.4 Å². The average Bonchev–Trinajstić information content (AvgIpc) is 2.78. The highest BCUT2D eigenvalue weighted by Crippen LogP contribution is 2.20. The van der Waals surface area contributed by atoms with Crippen LogP contribution in [-0.4, -0.2) is 46.6 Å². The van der Waals surface area contributed by atoms with E-state index in [1.165, 1.54) is 16.4 Å². The standard InChI is InChI=1S/C9H13NO5S2/c11-7-8-1-2-9(15-8)17(13,14)10-3-5-16(12)6-4-10/h1-2,11H,3-7H2. The second-order valence-corrected chi connectivity index (χ2v) is 7.20. The van der Waals surface area contributed by atoms with Crippen molar-refractivity contribution in [1.29, 1.82) is 0 Å². The molecule has 1 saturated heterocycles. The van der Waals surface area contributed by atoms with E-state index in [4.69, 9.17) is 9.52 Å². The zero-order valence-electron chi connectivity index (χ0n) is 9.03. The van der Waals surface area contributed by atoms with Crippen molar-refractivity contribution < 1.29 is 22.2 Å². The fourth-order valence-corrected chi connectivity index (χ4v) is 4.22. The number of aliphatic hydroxyl groups is 1. The van der Waals surface area contributed by atoms with E-state index in [-0.39, 0.29) is 30.5 Å². The quantitative estimate of drug-likeness (QED) is 0.808. The summed E-state index contributed by atoms with van der Waals surface area (Å²) < 4.78 is 41.6. The van der Waals surface area contributed by atoms with Crippen molar-refractivity contribution in [3.8, 4) is 0 Å². The van der Waals surface area contributed by atoms with E-state index in [1.54, 1.807) is 0 Å². The molecule has 1 aromatic heterocycles. The lowest BCUT2D eigenvalue weighted by molar-refractivity contribution is 0.235. The Morgan fingerprint density at radius 1 is 1.35 bits per heavy atom. The van der Waals surface area contributed by atoms with Gasteiger partial charge in [-0.25, -0.2) is 8.42 Å². The number of nitrogens with zero attached hydrogens (tertiary/aromatic N) is 1. The summed E-state index contributed by atoms with van der Waals surface area (Å²) in [5.41, 5.74) is 0. The molecular weight excluding hydrogens is 266 g/mol. The predicted molar refractivity (Wildman–Crippen MR) is 61.3 cm³/mol. The zero-order valence-corrected chi connectivity index (χ0v) is 10.7. The van der Waals surface area contributed by atoms with Crippen LogP contribution in [0.1, 0.15) is 5.76 Å². The summed E-state index contributed by atoms with van der Waals surface area (Å²) in [7, 11) is -4.58. The van der Waals surface area contributed by atoms with Gasteiger partial charge in [-0.1, -0.05) is 0 Å². The van der Waals surface area contributed by atoms with Crippen molar-refractivity contribution in [2.45, 2.75) is 11.7 Å². The Morgan fingerprint density at radius 3 is 2.53 bits per heavy atom. The van der Waals surface area contributed by atoms with Crippen LogP contribution in [0.5, 0.6) is 0 Å². The van der Waals surface area contributed by atoms with Crippen molar-refractivity contribution in [2.75, 3.05) is 24.6 Å². The monoisotopic (exact) mass is 279 g/mol. The van der Waals surface area contributed by atoms with Crippen LogP contribution in [0.2, 0.25) is 0 Å². The molecular formula is C9H13NO5S2. The van der Waals surface area contributed by atoms with E-state index in [0.717, 1.165) is 0 Å². The maximum absolute atomic E-state index is 12.1. The molecule has 1 N–H and O–H groups in total. The Labute approximate surface area is 102 Å². The molecule has 1 aliphatic heterocycles. The zero-order chi connectivity index (χ0) is 12.5. The third-order valence-corrected chi connectivity index (χ3v) is 5.57. The molecule has 1 fully saturated rings. The van der Waals surface area contributed by atoms with Crippen LogP contribution < -0.4 is 0 Å². The van der Waals surface area contributed by atoms with Crippen molar-refractivity contribution in [1.82, 2.24) is 4.31 Å². The van der Waals surface area contributed by atoms with Crippen molar-refractivity contribution in [3.05, 3.63) is 17.9 Å². The van der Waals surface area contributed by atoms with E-state index in [1.807, 2.05) is 0 Å². The molecule has 17 heavy (non-hydrogen) atoms. The van der Waals surface area contributed by atoms with Crippen LogP contribution in [0.3, 0.4) is 0 Å². The Balaban J connectivity index is 2.21. The first kappa shape index (κ1) is 12.7. The molecule has 0 radical (unpaired) electrons. The summed E-state index contributed by atoms with van der Waals surface area (Å²) in [6.45, 7) is 0.147. The highest BCUT2D eigenvalue weighted by molar-refractivity contribution is 7.89. The van der Waals surface area contributed by atoms with Gasteiger partial charge in [0.25, 0.3) is 10.0 Å². The van der Waals surface area contributed by atoms with Gasteiger partial charge >= 0.3 is 0 Å². The normalized spacial score (nSPS) is 19.6. The average molecular weight is 279 g/mol. The SMILES string of the molecule is O=S1CCN(S(=O)(=O)c2ccc(CO)o2)CC1. The van der Waals surface area contributed by atoms with E-state index >= 15 is 0 Å². The summed E-state index contributed by atoms with van der Waals surface area (Å²) in [6.07, 6.45) is 0. The Hall–Kier alpha value is -0.700. The molecule has 0 amide bonds. The summed E-state index contributed by atoms with van der Waals surface area (Å²) in [6, 6.07) is 2.75. The van der Waals surface area contributed by atoms with Gasteiger partial charge in [-0.2, -0.15) is 4.31 Å². The van der Waals surface area contributed by atoms with Crippen LogP contribution >= 0.6 is 0 Å². The Bertz CT molecular complexity index is 511. The van der Waals surface area contributed by atoms with E-state index in [9.17, 15) is 12.6 Å². The molecule has 8 heteroatoms. The molecule has 2 rings (SSSR count). The number of aliphatic hydroxyl groups excluding tert-OH is 1. The summed E-state index contributed by atoms with van der Waals surface area (Å²) >= 11 is 0. The lowest BCUT2D eigenvalue weighted by Gasteiger charge is -2.24. The smallest absolute Gasteiger partial charge is 0.276 e. The lowest BCUT2D eigenvalue weighted by atomic mass is 10.5. The van der Waals surface area contributed by atoms with Crippen molar-refractivity contribution >= 4 is 20.8 Å². The minimum absolute atomic E-state index is 0.172. The topological polar surface area (TPSA) is 87.8 Å². The molecule has 0 aromatic carbocycles. The summed E-state index contributed by atoms with van der Waals surface area (Å²) in [5, 5.41) is 8.65. The Kier molecular flexibility index (Phi) is 3.67. The van der Waals surface area contributed by atoms with Gasteiger partial charge in [-0.05, 0) is 12.1 Å². The molecule has 0 aliphatic carbocycles. The van der Waals surface area contributed by atoms with Crippen LogP contribution in [-0.2, 0) is 27.4 Å². The lowest BCUT2D eigenvalue weighted by Crippen LogP contribution is -2.41. The van der Waals surface area contributed by atoms with Gasteiger partial charge in [0.05, 0.1) is 0 Å². The first-order valence-corrected chi connectivity index (χ1v) is 8.01. The van der Waals surface area contributed by atoms with Crippen LogP contribution in [0.15, 0.2) is 21.6 Å². The van der Waals surface area contributed by atoms with Crippen molar-refractivity contribution in [2.24, 2.45) is 0 Å². The molecule has 1 aromatic rings. The predicted octanol–water partition coefficient (Wildman–Crippen LogP) is -0.475. The number of hydrogen-bond donors (Lipinski definition) is 1. The minimum Gasteiger partial charge on any atom is -0.446 e. The molecule has 2 heterocycles. The minimum atomic E-state index is -3.65. The van der Waals surface area contributed by atoms with Crippen LogP contribution in [0.25, 0.3) is 0 Å². The van der Waals surface area contributed by atoms with Crippen LogP contribution in [0, 0.1) is 0 Å². The van der Waals surface area contributed by atoms with Gasteiger partial charge in [-0.3, -0.25) is 4.21 Å². The highest BCUT2D eigenvalue weighted by Gasteiger charge is 2.30. The molecule has 0 unspecified atom stereocenters.